The molecule has 5 aromatic rings. The summed E-state index contributed by atoms with van der Waals surface area (Å²) < 4.78 is 44.9. The molecule has 0 bridgehead atoms. The van der Waals surface area contributed by atoms with Crippen LogP contribution in [0.4, 0.5) is 4.79 Å². The topological polar surface area (TPSA) is 215 Å². The molecule has 3 aromatic carbocycles. The summed E-state index contributed by atoms with van der Waals surface area (Å²) in [7, 11) is 6.15. The number of hydrogen-bond donors (Lipinski definition) is 4. The summed E-state index contributed by atoms with van der Waals surface area (Å²) in [5, 5.41) is 5.75. The maximum atomic E-state index is 13.4. The van der Waals surface area contributed by atoms with Crippen LogP contribution in [-0.2, 0) is 29.3 Å². The van der Waals surface area contributed by atoms with Crippen molar-refractivity contribution in [2.75, 3.05) is 48.1 Å². The van der Waals surface area contributed by atoms with Crippen molar-refractivity contribution < 1.29 is 38.0 Å². The van der Waals surface area contributed by atoms with Gasteiger partial charge in [0.15, 0.2) is 12.5 Å². The SMILES string of the molecule is COc1ccc(C(OC[C@H]2O[C@@H](n3ccc(=O)[nH]c3=O)[C@H](OC)[C@@H]2CNC(=O)NC[C@H]2C[C@@H](OC)[C@H](n3ccc(=O)[nH]c3=O)O2)(c2ccccc2)c2ccc(OC)cc2)cc1. The average Bonchev–Trinajstić information content (AvgIpc) is 3.86. The van der Waals surface area contributed by atoms with Gasteiger partial charge in [-0.05, 0) is 41.0 Å². The Balaban J connectivity index is 1.16. The smallest absolute Gasteiger partial charge is 0.330 e. The normalized spacial score (nSPS) is 22.5. The second-order valence-electron chi connectivity index (χ2n) is 14.5. The van der Waals surface area contributed by atoms with E-state index in [0.717, 1.165) is 16.7 Å². The fraction of sp³-hybridized carbons (Fsp3) is 0.372. The number of carbonyl (C=O) groups excluding carboxylic acids is 1. The first kappa shape index (κ1) is 42.8. The standard InChI is InChI=1S/C43H48N6O12/c1-55-29-14-10-27(11-15-29)43(26-8-6-5-7-9-26,28-12-16-30(56-2)17-13-28)59-25-34-32(37(58-4)39(61-34)49-21-19-36(51)47-42(49)54)24-45-40(52)44-23-31-22-33(57-3)38(60-31)48-20-18-35(50)46-41(48)53/h5-21,31-34,37-39H,22-25H2,1-4H3,(H2,44,45,52)(H,46,50,53)(H,47,51,54)/t31-,32-,33-,34-,37-,38-,39-/m1/s1. The lowest BCUT2D eigenvalue weighted by molar-refractivity contribution is -0.0928. The highest BCUT2D eigenvalue weighted by molar-refractivity contribution is 5.73. The van der Waals surface area contributed by atoms with E-state index in [4.69, 9.17) is 33.2 Å². The molecular formula is C43H48N6O12. The molecule has 4 heterocycles. The number of aromatic amines is 2. The molecule has 61 heavy (non-hydrogen) atoms. The Bertz CT molecular complexity index is 2440. The van der Waals surface area contributed by atoms with Gasteiger partial charge in [-0.2, -0.15) is 0 Å². The number of hydrogen-bond acceptors (Lipinski definition) is 12. The number of rotatable bonds is 16. The van der Waals surface area contributed by atoms with E-state index in [1.807, 2.05) is 78.9 Å². The van der Waals surface area contributed by atoms with Gasteiger partial charge in [0.25, 0.3) is 11.1 Å². The highest BCUT2D eigenvalue weighted by Crippen LogP contribution is 2.44. The highest BCUT2D eigenvalue weighted by atomic mass is 16.6. The summed E-state index contributed by atoms with van der Waals surface area (Å²) in [5.41, 5.74) is -1.30. The predicted octanol–water partition coefficient (Wildman–Crippen LogP) is 2.24. The first-order valence-electron chi connectivity index (χ1n) is 19.6. The Morgan fingerprint density at radius 2 is 1.23 bits per heavy atom. The second-order valence-corrected chi connectivity index (χ2v) is 14.5. The molecule has 0 radical (unpaired) electrons. The minimum absolute atomic E-state index is 0.0119. The lowest BCUT2D eigenvalue weighted by Crippen LogP contribution is -2.46. The van der Waals surface area contributed by atoms with Gasteiger partial charge in [-0.3, -0.25) is 28.7 Å². The quantitative estimate of drug-likeness (QED) is 0.105. The van der Waals surface area contributed by atoms with Crippen LogP contribution in [0.25, 0.3) is 0 Å². The third kappa shape index (κ3) is 9.08. The van der Waals surface area contributed by atoms with Crippen molar-refractivity contribution in [1.82, 2.24) is 29.7 Å². The van der Waals surface area contributed by atoms with Gasteiger partial charge in [0.1, 0.15) is 29.3 Å². The molecule has 7 rings (SSSR count). The number of nitrogens with one attached hydrogen (secondary N) is 4. The molecule has 0 saturated carbocycles. The fourth-order valence-corrected chi connectivity index (χ4v) is 8.03. The number of carbonyl (C=O) groups is 1. The van der Waals surface area contributed by atoms with Gasteiger partial charge in [0.05, 0.1) is 33.0 Å². The Kier molecular flexibility index (Phi) is 13.3. The summed E-state index contributed by atoms with van der Waals surface area (Å²) in [4.78, 5) is 67.2. The van der Waals surface area contributed by atoms with Crippen molar-refractivity contribution in [1.29, 1.82) is 0 Å². The zero-order valence-corrected chi connectivity index (χ0v) is 34.0. The summed E-state index contributed by atoms with van der Waals surface area (Å²) in [6, 6.07) is 26.7. The molecular weight excluding hydrogens is 793 g/mol. The Labute approximate surface area is 349 Å². The molecule has 2 aliphatic heterocycles. The molecule has 18 heteroatoms. The van der Waals surface area contributed by atoms with E-state index in [9.17, 15) is 24.0 Å². The van der Waals surface area contributed by atoms with Gasteiger partial charge >= 0.3 is 17.4 Å². The molecule has 322 valence electrons. The fourth-order valence-electron chi connectivity index (χ4n) is 8.03. The maximum absolute atomic E-state index is 13.4. The molecule has 4 N–H and O–H groups in total. The third-order valence-corrected chi connectivity index (χ3v) is 11.1. The van der Waals surface area contributed by atoms with E-state index in [0.29, 0.717) is 17.9 Å². The summed E-state index contributed by atoms with van der Waals surface area (Å²) in [5.74, 6) is 0.711. The van der Waals surface area contributed by atoms with Crippen LogP contribution in [0, 0.1) is 5.92 Å². The van der Waals surface area contributed by atoms with Crippen LogP contribution < -0.4 is 42.6 Å². The van der Waals surface area contributed by atoms with Crippen LogP contribution in [0.5, 0.6) is 11.5 Å². The number of aromatic nitrogens is 4. The van der Waals surface area contributed by atoms with Crippen LogP contribution >= 0.6 is 0 Å². The number of methoxy groups -OCH3 is 4. The van der Waals surface area contributed by atoms with Crippen LogP contribution in [0.15, 0.2) is 123 Å². The van der Waals surface area contributed by atoms with Gasteiger partial charge in [-0.25, -0.2) is 14.4 Å². The van der Waals surface area contributed by atoms with Crippen LogP contribution in [0.3, 0.4) is 0 Å². The predicted molar refractivity (Wildman–Crippen MR) is 220 cm³/mol. The molecule has 7 atom stereocenters. The lowest BCUT2D eigenvalue weighted by Gasteiger charge is -2.37. The third-order valence-electron chi connectivity index (χ3n) is 11.1. The lowest BCUT2D eigenvalue weighted by atomic mass is 9.80. The number of H-pyrrole nitrogens is 2. The molecule has 0 unspecified atom stereocenters. The van der Waals surface area contributed by atoms with Crippen LogP contribution in [0.1, 0.15) is 35.6 Å². The van der Waals surface area contributed by atoms with E-state index in [1.165, 1.54) is 47.9 Å². The number of benzene rings is 3. The maximum Gasteiger partial charge on any atom is 0.330 e. The van der Waals surface area contributed by atoms with E-state index in [1.54, 1.807) is 14.2 Å². The molecule has 2 fully saturated rings. The largest absolute Gasteiger partial charge is 0.497 e. The first-order chi connectivity index (χ1) is 29.6. The van der Waals surface area contributed by atoms with Crippen molar-refractivity contribution in [3.63, 3.8) is 0 Å². The highest BCUT2D eigenvalue weighted by Gasteiger charge is 2.48. The molecule has 2 saturated heterocycles. The first-order valence-corrected chi connectivity index (χ1v) is 19.6. The van der Waals surface area contributed by atoms with Crippen molar-refractivity contribution in [3.05, 3.63) is 162 Å². The van der Waals surface area contributed by atoms with Crippen molar-refractivity contribution in [2.24, 2.45) is 5.92 Å². The minimum atomic E-state index is -1.21. The molecule has 2 aliphatic rings. The zero-order valence-electron chi connectivity index (χ0n) is 34.0. The summed E-state index contributed by atoms with van der Waals surface area (Å²) >= 11 is 0. The van der Waals surface area contributed by atoms with Gasteiger partial charge in [0, 0.05) is 64.2 Å². The summed E-state index contributed by atoms with van der Waals surface area (Å²) in [6.45, 7) is 0.0215. The van der Waals surface area contributed by atoms with Crippen LogP contribution in [0.2, 0.25) is 0 Å². The Morgan fingerprint density at radius 3 is 1.75 bits per heavy atom. The number of amides is 2. The summed E-state index contributed by atoms with van der Waals surface area (Å²) in [6.07, 6.45) is -1.45. The van der Waals surface area contributed by atoms with E-state index in [-0.39, 0.29) is 19.7 Å². The number of ether oxygens (including phenoxy) is 7. The van der Waals surface area contributed by atoms with Gasteiger partial charge in [-0.1, -0.05) is 54.6 Å². The van der Waals surface area contributed by atoms with Gasteiger partial charge < -0.3 is 43.8 Å². The monoisotopic (exact) mass is 840 g/mol. The number of urea groups is 1. The van der Waals surface area contributed by atoms with Crippen molar-refractivity contribution in [2.45, 2.75) is 48.9 Å². The van der Waals surface area contributed by atoms with Gasteiger partial charge in [0.2, 0.25) is 0 Å². The molecule has 0 spiro atoms. The van der Waals surface area contributed by atoms with E-state index >= 15 is 0 Å². The molecule has 2 amide bonds. The zero-order chi connectivity index (χ0) is 43.1. The molecule has 2 aromatic heterocycles. The Hall–Kier alpha value is -6.31. The van der Waals surface area contributed by atoms with E-state index < -0.39 is 76.9 Å². The van der Waals surface area contributed by atoms with Crippen molar-refractivity contribution >= 4 is 6.03 Å². The molecule has 18 nitrogen and oxygen atoms in total. The number of nitrogens with zero attached hydrogens (tertiary/aromatic N) is 2. The van der Waals surface area contributed by atoms with Crippen molar-refractivity contribution in [3.8, 4) is 11.5 Å². The Morgan fingerprint density at radius 1 is 0.689 bits per heavy atom. The van der Waals surface area contributed by atoms with Crippen LogP contribution in [-0.4, -0.2) is 97.7 Å². The second kappa shape index (κ2) is 18.9. The minimum Gasteiger partial charge on any atom is -0.497 e. The average molecular weight is 841 g/mol. The molecule has 0 aliphatic carbocycles. The van der Waals surface area contributed by atoms with Gasteiger partial charge in [-0.15, -0.1) is 0 Å². The van der Waals surface area contributed by atoms with E-state index in [2.05, 4.69) is 20.6 Å².